The SMILES string of the molecule is CON=C(C)C(C)=Cc1ccccc1. The van der Waals surface area contributed by atoms with Gasteiger partial charge in [-0.2, -0.15) is 0 Å². The summed E-state index contributed by atoms with van der Waals surface area (Å²) in [6.45, 7) is 3.95. The predicted octanol–water partition coefficient (Wildman–Crippen LogP) is 3.11. The number of oxime groups is 1. The van der Waals surface area contributed by atoms with Gasteiger partial charge in [-0.05, 0) is 25.0 Å². The monoisotopic (exact) mass is 189 g/mol. The van der Waals surface area contributed by atoms with Gasteiger partial charge in [0.05, 0.1) is 5.71 Å². The molecule has 2 nitrogen and oxygen atoms in total. The molecule has 0 fully saturated rings. The number of rotatable bonds is 3. The molecular weight excluding hydrogens is 174 g/mol. The lowest BCUT2D eigenvalue weighted by Gasteiger charge is -1.99. The maximum absolute atomic E-state index is 4.71. The van der Waals surface area contributed by atoms with E-state index >= 15 is 0 Å². The van der Waals surface area contributed by atoms with Crippen molar-refractivity contribution in [2.45, 2.75) is 13.8 Å². The Kier molecular flexibility index (Phi) is 3.92. The summed E-state index contributed by atoms with van der Waals surface area (Å²) in [5.74, 6) is 0. The molecule has 0 atom stereocenters. The van der Waals surface area contributed by atoms with Crippen LogP contribution < -0.4 is 0 Å². The lowest BCUT2D eigenvalue weighted by Crippen LogP contribution is -1.93. The lowest BCUT2D eigenvalue weighted by molar-refractivity contribution is 0.213. The zero-order valence-electron chi connectivity index (χ0n) is 8.82. The summed E-state index contributed by atoms with van der Waals surface area (Å²) < 4.78 is 0. The van der Waals surface area contributed by atoms with Crippen LogP contribution >= 0.6 is 0 Å². The Bertz CT molecular complexity index is 339. The van der Waals surface area contributed by atoms with Gasteiger partial charge < -0.3 is 4.84 Å². The molecule has 0 amide bonds. The van der Waals surface area contributed by atoms with E-state index in [-0.39, 0.29) is 0 Å². The van der Waals surface area contributed by atoms with Crippen LogP contribution in [-0.4, -0.2) is 12.8 Å². The van der Waals surface area contributed by atoms with Gasteiger partial charge in [0.1, 0.15) is 7.11 Å². The Labute approximate surface area is 84.9 Å². The van der Waals surface area contributed by atoms with Gasteiger partial charge in [0.2, 0.25) is 0 Å². The Morgan fingerprint density at radius 3 is 2.43 bits per heavy atom. The van der Waals surface area contributed by atoms with E-state index in [1.165, 1.54) is 5.56 Å². The van der Waals surface area contributed by atoms with Gasteiger partial charge in [0.15, 0.2) is 0 Å². The molecule has 0 spiro atoms. The van der Waals surface area contributed by atoms with E-state index in [1.807, 2.05) is 32.0 Å². The highest BCUT2D eigenvalue weighted by molar-refractivity contribution is 6.01. The van der Waals surface area contributed by atoms with Crippen molar-refractivity contribution >= 4 is 11.8 Å². The third kappa shape index (κ3) is 3.05. The van der Waals surface area contributed by atoms with Crippen molar-refractivity contribution in [1.82, 2.24) is 0 Å². The third-order valence-corrected chi connectivity index (χ3v) is 1.98. The molecule has 0 aliphatic heterocycles. The van der Waals surface area contributed by atoms with Crippen LogP contribution in [0.4, 0.5) is 0 Å². The number of nitrogens with zero attached hydrogens (tertiary/aromatic N) is 1. The fraction of sp³-hybridized carbons (Fsp3) is 0.250. The summed E-state index contributed by atoms with van der Waals surface area (Å²) in [6, 6.07) is 10.2. The van der Waals surface area contributed by atoms with Crippen molar-refractivity contribution in [3.63, 3.8) is 0 Å². The summed E-state index contributed by atoms with van der Waals surface area (Å²) in [5.41, 5.74) is 3.19. The summed E-state index contributed by atoms with van der Waals surface area (Å²) in [7, 11) is 1.55. The summed E-state index contributed by atoms with van der Waals surface area (Å²) in [4.78, 5) is 4.71. The van der Waals surface area contributed by atoms with Gasteiger partial charge in [0, 0.05) is 0 Å². The first-order chi connectivity index (χ1) is 6.74. The number of benzene rings is 1. The van der Waals surface area contributed by atoms with Crippen molar-refractivity contribution in [2.75, 3.05) is 7.11 Å². The molecule has 0 unspecified atom stereocenters. The van der Waals surface area contributed by atoms with Crippen molar-refractivity contribution in [2.24, 2.45) is 5.16 Å². The largest absolute Gasteiger partial charge is 0.399 e. The minimum atomic E-state index is 0.899. The molecule has 14 heavy (non-hydrogen) atoms. The van der Waals surface area contributed by atoms with E-state index in [0.29, 0.717) is 0 Å². The molecule has 0 heterocycles. The molecule has 0 aromatic heterocycles. The van der Waals surface area contributed by atoms with Crippen LogP contribution in [0.15, 0.2) is 41.1 Å². The van der Waals surface area contributed by atoms with E-state index in [1.54, 1.807) is 7.11 Å². The molecule has 2 heteroatoms. The van der Waals surface area contributed by atoms with E-state index in [9.17, 15) is 0 Å². The van der Waals surface area contributed by atoms with Crippen molar-refractivity contribution in [3.05, 3.63) is 41.5 Å². The minimum absolute atomic E-state index is 0.899. The molecule has 1 aromatic rings. The van der Waals surface area contributed by atoms with Gasteiger partial charge in [0.25, 0.3) is 0 Å². The van der Waals surface area contributed by atoms with Crippen LogP contribution in [0.25, 0.3) is 6.08 Å². The first kappa shape index (κ1) is 10.5. The molecule has 0 aliphatic carbocycles. The molecule has 0 radical (unpaired) electrons. The van der Waals surface area contributed by atoms with Crippen molar-refractivity contribution in [3.8, 4) is 0 Å². The highest BCUT2D eigenvalue weighted by atomic mass is 16.6. The second kappa shape index (κ2) is 5.22. The van der Waals surface area contributed by atoms with Gasteiger partial charge in [-0.1, -0.05) is 41.6 Å². The zero-order chi connectivity index (χ0) is 10.4. The molecule has 0 bridgehead atoms. The maximum Gasteiger partial charge on any atom is 0.106 e. The van der Waals surface area contributed by atoms with Crippen LogP contribution in [0.5, 0.6) is 0 Å². The van der Waals surface area contributed by atoms with Crippen molar-refractivity contribution < 1.29 is 4.84 Å². The predicted molar refractivity (Wildman–Crippen MR) is 60.2 cm³/mol. The Balaban J connectivity index is 2.84. The van der Waals surface area contributed by atoms with Crippen LogP contribution in [0.1, 0.15) is 19.4 Å². The zero-order valence-corrected chi connectivity index (χ0v) is 8.82. The summed E-state index contributed by atoms with van der Waals surface area (Å²) >= 11 is 0. The normalized spacial score (nSPS) is 12.8. The first-order valence-corrected chi connectivity index (χ1v) is 4.55. The minimum Gasteiger partial charge on any atom is -0.399 e. The average Bonchev–Trinajstić information content (AvgIpc) is 2.19. The van der Waals surface area contributed by atoms with Crippen LogP contribution in [-0.2, 0) is 4.84 Å². The van der Waals surface area contributed by atoms with Gasteiger partial charge in [-0.3, -0.25) is 0 Å². The summed E-state index contributed by atoms with van der Waals surface area (Å²) in [6.07, 6.45) is 2.08. The molecule has 0 N–H and O–H groups in total. The quantitative estimate of drug-likeness (QED) is 0.529. The van der Waals surface area contributed by atoms with Gasteiger partial charge >= 0.3 is 0 Å². The molecule has 1 rings (SSSR count). The Morgan fingerprint density at radius 1 is 1.21 bits per heavy atom. The maximum atomic E-state index is 4.71. The molecule has 0 saturated heterocycles. The fourth-order valence-corrected chi connectivity index (χ4v) is 1.11. The van der Waals surface area contributed by atoms with Crippen molar-refractivity contribution in [1.29, 1.82) is 0 Å². The topological polar surface area (TPSA) is 21.6 Å². The molecule has 0 saturated carbocycles. The van der Waals surface area contributed by atoms with E-state index in [0.717, 1.165) is 11.3 Å². The van der Waals surface area contributed by atoms with Gasteiger partial charge in [-0.15, -0.1) is 0 Å². The summed E-state index contributed by atoms with van der Waals surface area (Å²) in [5, 5.41) is 3.87. The third-order valence-electron chi connectivity index (χ3n) is 1.98. The fourth-order valence-electron chi connectivity index (χ4n) is 1.11. The average molecular weight is 189 g/mol. The number of hydrogen-bond acceptors (Lipinski definition) is 2. The number of hydrogen-bond donors (Lipinski definition) is 0. The standard InChI is InChI=1S/C12H15NO/c1-10(11(2)13-14-3)9-12-7-5-4-6-8-12/h4-9H,1-3H3. The molecule has 0 aliphatic rings. The highest BCUT2D eigenvalue weighted by Crippen LogP contribution is 2.07. The van der Waals surface area contributed by atoms with Gasteiger partial charge in [-0.25, -0.2) is 0 Å². The second-order valence-corrected chi connectivity index (χ2v) is 3.10. The van der Waals surface area contributed by atoms with Crippen LogP contribution in [0.2, 0.25) is 0 Å². The first-order valence-electron chi connectivity index (χ1n) is 4.55. The van der Waals surface area contributed by atoms with E-state index < -0.39 is 0 Å². The molecular formula is C12H15NO. The lowest BCUT2D eigenvalue weighted by atomic mass is 10.1. The Morgan fingerprint density at radius 2 is 1.86 bits per heavy atom. The number of allylic oxidation sites excluding steroid dienone is 1. The Hall–Kier alpha value is -1.57. The van der Waals surface area contributed by atoms with Crippen LogP contribution in [0, 0.1) is 0 Å². The van der Waals surface area contributed by atoms with E-state index in [4.69, 9.17) is 4.84 Å². The second-order valence-electron chi connectivity index (χ2n) is 3.10. The molecule has 74 valence electrons. The van der Waals surface area contributed by atoms with E-state index in [2.05, 4.69) is 23.4 Å². The highest BCUT2D eigenvalue weighted by Gasteiger charge is 1.95. The molecule has 1 aromatic carbocycles. The smallest absolute Gasteiger partial charge is 0.106 e. The van der Waals surface area contributed by atoms with Crippen LogP contribution in [0.3, 0.4) is 0 Å².